The van der Waals surface area contributed by atoms with E-state index in [2.05, 4.69) is 15.6 Å². The Labute approximate surface area is 123 Å². The third-order valence-corrected chi connectivity index (χ3v) is 2.98. The topological polar surface area (TPSA) is 71.1 Å². The van der Waals surface area contributed by atoms with Gasteiger partial charge in [-0.3, -0.25) is 9.59 Å². The lowest BCUT2D eigenvalue weighted by atomic mass is 10.1. The summed E-state index contributed by atoms with van der Waals surface area (Å²) in [7, 11) is 0. The molecule has 21 heavy (non-hydrogen) atoms. The first-order chi connectivity index (χ1) is 9.95. The number of anilines is 2. The van der Waals surface area contributed by atoms with Gasteiger partial charge >= 0.3 is 11.8 Å². The standard InChI is InChI=1S/C16H17N3O2/c1-10-7-8-11(2)13(9-10)18-15(20)16(21)19-14-6-4-5-12(3)17-14/h4-9H,1-3H3,(H,18,20)(H,17,19,21). The lowest BCUT2D eigenvalue weighted by Gasteiger charge is -2.09. The van der Waals surface area contributed by atoms with Crippen LogP contribution in [-0.2, 0) is 9.59 Å². The van der Waals surface area contributed by atoms with Gasteiger partial charge in [0.15, 0.2) is 0 Å². The van der Waals surface area contributed by atoms with Crippen LogP contribution in [0.1, 0.15) is 16.8 Å². The Bertz CT molecular complexity index is 696. The van der Waals surface area contributed by atoms with Crippen LogP contribution in [0.15, 0.2) is 36.4 Å². The summed E-state index contributed by atoms with van der Waals surface area (Å²) in [4.78, 5) is 27.9. The van der Waals surface area contributed by atoms with Crippen molar-refractivity contribution in [2.24, 2.45) is 0 Å². The minimum atomic E-state index is -0.742. The zero-order chi connectivity index (χ0) is 15.4. The summed E-state index contributed by atoms with van der Waals surface area (Å²) in [6.45, 7) is 5.60. The molecular formula is C16H17N3O2. The predicted molar refractivity (Wildman–Crippen MR) is 82.1 cm³/mol. The van der Waals surface area contributed by atoms with Crippen LogP contribution in [0.2, 0.25) is 0 Å². The first-order valence-corrected chi connectivity index (χ1v) is 6.59. The normalized spacial score (nSPS) is 10.0. The van der Waals surface area contributed by atoms with Gasteiger partial charge in [-0.05, 0) is 50.1 Å². The molecule has 0 atom stereocenters. The van der Waals surface area contributed by atoms with Gasteiger partial charge in [0.05, 0.1) is 0 Å². The molecule has 0 radical (unpaired) electrons. The van der Waals surface area contributed by atoms with E-state index in [1.807, 2.05) is 45.0 Å². The monoisotopic (exact) mass is 283 g/mol. The van der Waals surface area contributed by atoms with Crippen molar-refractivity contribution in [3.63, 3.8) is 0 Å². The van der Waals surface area contributed by atoms with Crippen molar-refractivity contribution in [2.45, 2.75) is 20.8 Å². The number of carbonyl (C=O) groups excluding carboxylic acids is 2. The Hall–Kier alpha value is -2.69. The number of carbonyl (C=O) groups is 2. The Morgan fingerprint density at radius 1 is 0.952 bits per heavy atom. The number of aromatic nitrogens is 1. The molecule has 2 amide bonds. The molecule has 0 saturated heterocycles. The summed E-state index contributed by atoms with van der Waals surface area (Å²) < 4.78 is 0. The van der Waals surface area contributed by atoms with E-state index in [9.17, 15) is 9.59 Å². The van der Waals surface area contributed by atoms with E-state index in [4.69, 9.17) is 0 Å². The fourth-order valence-corrected chi connectivity index (χ4v) is 1.84. The number of pyridine rings is 1. The molecule has 1 aromatic heterocycles. The average molecular weight is 283 g/mol. The second-order valence-electron chi connectivity index (χ2n) is 4.89. The van der Waals surface area contributed by atoms with E-state index in [0.717, 1.165) is 16.8 Å². The van der Waals surface area contributed by atoms with Crippen LogP contribution in [0.4, 0.5) is 11.5 Å². The van der Waals surface area contributed by atoms with Crippen molar-refractivity contribution in [1.82, 2.24) is 4.98 Å². The van der Waals surface area contributed by atoms with Gasteiger partial charge in [0.1, 0.15) is 5.82 Å². The number of hydrogen-bond acceptors (Lipinski definition) is 3. The number of hydrogen-bond donors (Lipinski definition) is 2. The molecule has 5 heteroatoms. The van der Waals surface area contributed by atoms with Crippen molar-refractivity contribution in [1.29, 1.82) is 0 Å². The van der Waals surface area contributed by atoms with Crippen LogP contribution in [0, 0.1) is 20.8 Å². The fourth-order valence-electron chi connectivity index (χ4n) is 1.84. The Morgan fingerprint density at radius 2 is 1.67 bits per heavy atom. The van der Waals surface area contributed by atoms with E-state index in [1.54, 1.807) is 12.1 Å². The lowest BCUT2D eigenvalue weighted by molar-refractivity contribution is -0.133. The van der Waals surface area contributed by atoms with E-state index >= 15 is 0 Å². The number of benzene rings is 1. The molecule has 0 unspecified atom stereocenters. The predicted octanol–water partition coefficient (Wildman–Crippen LogP) is 2.58. The molecule has 0 aliphatic carbocycles. The highest BCUT2D eigenvalue weighted by Gasteiger charge is 2.15. The second kappa shape index (κ2) is 6.17. The van der Waals surface area contributed by atoms with Gasteiger partial charge in [-0.1, -0.05) is 18.2 Å². The lowest BCUT2D eigenvalue weighted by Crippen LogP contribution is -2.29. The SMILES string of the molecule is Cc1ccc(C)c(NC(=O)C(=O)Nc2cccc(C)n2)c1. The molecule has 0 spiro atoms. The summed E-state index contributed by atoms with van der Waals surface area (Å²) >= 11 is 0. The Kier molecular flexibility index (Phi) is 4.33. The van der Waals surface area contributed by atoms with E-state index in [1.165, 1.54) is 0 Å². The van der Waals surface area contributed by atoms with Crippen LogP contribution < -0.4 is 10.6 Å². The van der Waals surface area contributed by atoms with Crippen molar-refractivity contribution in [3.05, 3.63) is 53.2 Å². The molecule has 1 heterocycles. The highest BCUT2D eigenvalue weighted by Crippen LogP contribution is 2.16. The third kappa shape index (κ3) is 3.89. The summed E-state index contributed by atoms with van der Waals surface area (Å²) in [5.41, 5.74) is 3.31. The van der Waals surface area contributed by atoms with Crippen molar-refractivity contribution < 1.29 is 9.59 Å². The molecule has 1 aromatic carbocycles. The molecule has 2 N–H and O–H groups in total. The maximum Gasteiger partial charge on any atom is 0.315 e. The summed E-state index contributed by atoms with van der Waals surface area (Å²) in [6, 6.07) is 10.9. The molecule has 108 valence electrons. The largest absolute Gasteiger partial charge is 0.318 e. The van der Waals surface area contributed by atoms with E-state index in [0.29, 0.717) is 11.5 Å². The van der Waals surface area contributed by atoms with Gasteiger partial charge in [0.25, 0.3) is 0 Å². The molecule has 0 aliphatic heterocycles. The molecule has 0 fully saturated rings. The van der Waals surface area contributed by atoms with Gasteiger partial charge in [0, 0.05) is 11.4 Å². The maximum atomic E-state index is 11.9. The average Bonchev–Trinajstić information content (AvgIpc) is 2.43. The fraction of sp³-hybridized carbons (Fsp3) is 0.188. The Morgan fingerprint density at radius 3 is 2.38 bits per heavy atom. The maximum absolute atomic E-state index is 11.9. The molecule has 2 aromatic rings. The molecule has 5 nitrogen and oxygen atoms in total. The molecule has 2 rings (SSSR count). The van der Waals surface area contributed by atoms with E-state index in [-0.39, 0.29) is 0 Å². The second-order valence-corrected chi connectivity index (χ2v) is 4.89. The first kappa shape index (κ1) is 14.7. The molecular weight excluding hydrogens is 266 g/mol. The third-order valence-electron chi connectivity index (χ3n) is 2.98. The van der Waals surface area contributed by atoms with Crippen LogP contribution >= 0.6 is 0 Å². The van der Waals surface area contributed by atoms with Crippen LogP contribution in [-0.4, -0.2) is 16.8 Å². The van der Waals surface area contributed by atoms with E-state index < -0.39 is 11.8 Å². The molecule has 0 saturated carbocycles. The number of aryl methyl sites for hydroxylation is 3. The van der Waals surface area contributed by atoms with Crippen LogP contribution in [0.5, 0.6) is 0 Å². The van der Waals surface area contributed by atoms with Gasteiger partial charge in [-0.15, -0.1) is 0 Å². The minimum absolute atomic E-state index is 0.358. The number of nitrogens with one attached hydrogen (secondary N) is 2. The van der Waals surface area contributed by atoms with Crippen molar-refractivity contribution in [3.8, 4) is 0 Å². The highest BCUT2D eigenvalue weighted by molar-refractivity contribution is 6.43. The van der Waals surface area contributed by atoms with Crippen LogP contribution in [0.3, 0.4) is 0 Å². The Balaban J connectivity index is 2.06. The summed E-state index contributed by atoms with van der Waals surface area (Å²) in [5.74, 6) is -1.10. The minimum Gasteiger partial charge on any atom is -0.318 e. The molecule has 0 bridgehead atoms. The highest BCUT2D eigenvalue weighted by atomic mass is 16.2. The van der Waals surface area contributed by atoms with Gasteiger partial charge < -0.3 is 10.6 Å². The number of amides is 2. The van der Waals surface area contributed by atoms with Gasteiger partial charge in [-0.2, -0.15) is 0 Å². The zero-order valence-electron chi connectivity index (χ0n) is 12.2. The van der Waals surface area contributed by atoms with Crippen molar-refractivity contribution in [2.75, 3.05) is 10.6 Å². The quantitative estimate of drug-likeness (QED) is 0.832. The summed E-state index contributed by atoms with van der Waals surface area (Å²) in [6.07, 6.45) is 0. The first-order valence-electron chi connectivity index (χ1n) is 6.59. The van der Waals surface area contributed by atoms with Crippen LogP contribution in [0.25, 0.3) is 0 Å². The zero-order valence-corrected chi connectivity index (χ0v) is 12.2. The van der Waals surface area contributed by atoms with Crippen molar-refractivity contribution >= 4 is 23.3 Å². The van der Waals surface area contributed by atoms with Gasteiger partial charge in [0.2, 0.25) is 0 Å². The van der Waals surface area contributed by atoms with Gasteiger partial charge in [-0.25, -0.2) is 4.98 Å². The smallest absolute Gasteiger partial charge is 0.315 e. The number of rotatable bonds is 2. The molecule has 0 aliphatic rings. The number of nitrogens with zero attached hydrogens (tertiary/aromatic N) is 1. The summed E-state index contributed by atoms with van der Waals surface area (Å²) in [5, 5.41) is 5.08.